The van der Waals surface area contributed by atoms with Gasteiger partial charge in [-0.05, 0) is 55.3 Å². The number of halogens is 6. The van der Waals surface area contributed by atoms with E-state index in [-0.39, 0.29) is 40.3 Å². The van der Waals surface area contributed by atoms with Gasteiger partial charge in [0, 0.05) is 29.2 Å². The van der Waals surface area contributed by atoms with E-state index in [0.717, 1.165) is 25.0 Å². The molecular formula is C26H20ClF5N4O3. The number of aromatic nitrogens is 1. The maximum absolute atomic E-state index is 14.2. The summed E-state index contributed by atoms with van der Waals surface area (Å²) in [6.45, 7) is 0.646. The molecule has 39 heavy (non-hydrogen) atoms. The molecule has 13 heteroatoms. The molecule has 3 amide bonds. The molecule has 2 aliphatic heterocycles. The first-order chi connectivity index (χ1) is 18.4. The zero-order valence-corrected chi connectivity index (χ0v) is 20.8. The maximum atomic E-state index is 14.2. The number of hydrogen-bond donors (Lipinski definition) is 2. The Morgan fingerprint density at radius 1 is 1.00 bits per heavy atom. The Bertz CT molecular complexity index is 1500. The predicted molar refractivity (Wildman–Crippen MR) is 130 cm³/mol. The van der Waals surface area contributed by atoms with Crippen LogP contribution in [0.1, 0.15) is 56.6 Å². The molecule has 0 aliphatic carbocycles. The summed E-state index contributed by atoms with van der Waals surface area (Å²) in [7, 11) is 0. The number of carbonyl (C=O) groups excluding carboxylic acids is 3. The molecule has 1 atom stereocenters. The molecule has 0 spiro atoms. The summed E-state index contributed by atoms with van der Waals surface area (Å²) >= 11 is 6.31. The predicted octanol–water partition coefficient (Wildman–Crippen LogP) is 5.15. The normalized spacial score (nSPS) is 17.1. The van der Waals surface area contributed by atoms with Gasteiger partial charge in [0.1, 0.15) is 23.9 Å². The largest absolute Gasteiger partial charge is 0.416 e. The fourth-order valence-corrected chi connectivity index (χ4v) is 5.09. The fraction of sp³-hybridized carbons (Fsp3) is 0.269. The minimum Gasteiger partial charge on any atom is -0.342 e. The van der Waals surface area contributed by atoms with Crippen molar-refractivity contribution in [1.82, 2.24) is 14.8 Å². The molecule has 2 aliphatic rings. The third kappa shape index (κ3) is 5.20. The highest BCUT2D eigenvalue weighted by Crippen LogP contribution is 2.38. The topological polar surface area (TPSA) is 83.4 Å². The van der Waals surface area contributed by atoms with Crippen LogP contribution in [0.3, 0.4) is 0 Å². The number of rotatable bonds is 4. The number of alkyl halides is 3. The molecule has 2 aromatic carbocycles. The summed E-state index contributed by atoms with van der Waals surface area (Å²) in [5, 5.41) is 5.21. The van der Waals surface area contributed by atoms with Crippen LogP contribution in [0.4, 0.5) is 27.6 Å². The lowest BCUT2D eigenvalue weighted by Crippen LogP contribution is -2.41. The third-order valence-electron chi connectivity index (χ3n) is 6.64. The van der Waals surface area contributed by atoms with Crippen LogP contribution in [0.25, 0.3) is 0 Å². The van der Waals surface area contributed by atoms with Gasteiger partial charge in [0.15, 0.2) is 0 Å². The monoisotopic (exact) mass is 566 g/mol. The highest BCUT2D eigenvalue weighted by molar-refractivity contribution is 6.31. The van der Waals surface area contributed by atoms with Crippen molar-refractivity contribution in [3.8, 4) is 0 Å². The first-order valence-electron chi connectivity index (χ1n) is 11.9. The highest BCUT2D eigenvalue weighted by atomic mass is 35.5. The summed E-state index contributed by atoms with van der Waals surface area (Å²) in [5.74, 6) is -3.95. The third-order valence-corrected chi connectivity index (χ3v) is 6.98. The number of amides is 3. The number of likely N-dealkylation sites (tertiary alicyclic amines) is 1. The number of carbonyl (C=O) groups is 3. The van der Waals surface area contributed by atoms with Crippen LogP contribution in [0.2, 0.25) is 5.02 Å². The Labute approximate surface area is 223 Å². The van der Waals surface area contributed by atoms with Crippen LogP contribution >= 0.6 is 11.6 Å². The molecule has 1 saturated heterocycles. The van der Waals surface area contributed by atoms with E-state index in [1.54, 1.807) is 4.90 Å². The van der Waals surface area contributed by atoms with Gasteiger partial charge in [-0.3, -0.25) is 14.4 Å². The second-order valence-corrected chi connectivity index (χ2v) is 9.67. The van der Waals surface area contributed by atoms with E-state index < -0.39 is 52.7 Å². The van der Waals surface area contributed by atoms with Gasteiger partial charge in [-0.25, -0.2) is 8.78 Å². The van der Waals surface area contributed by atoms with Gasteiger partial charge in [0.05, 0.1) is 23.0 Å². The van der Waals surface area contributed by atoms with E-state index in [4.69, 9.17) is 11.6 Å². The van der Waals surface area contributed by atoms with Gasteiger partial charge in [-0.15, -0.1) is 0 Å². The molecule has 5 rings (SSSR count). The number of nitrogens with one attached hydrogen (secondary N) is 2. The molecule has 1 unspecified atom stereocenters. The van der Waals surface area contributed by atoms with Crippen LogP contribution in [-0.2, 0) is 17.5 Å². The molecule has 1 fully saturated rings. The minimum atomic E-state index is -4.90. The van der Waals surface area contributed by atoms with Crippen molar-refractivity contribution in [1.29, 1.82) is 0 Å². The second-order valence-electron chi connectivity index (χ2n) is 9.26. The van der Waals surface area contributed by atoms with Gasteiger partial charge in [0.2, 0.25) is 5.91 Å². The number of benzene rings is 2. The van der Waals surface area contributed by atoms with Crippen LogP contribution in [0.15, 0.2) is 42.5 Å². The quantitative estimate of drug-likeness (QED) is 0.429. The Morgan fingerprint density at radius 2 is 1.72 bits per heavy atom. The number of nitrogens with zero attached hydrogens (tertiary/aromatic N) is 2. The van der Waals surface area contributed by atoms with E-state index in [1.165, 1.54) is 16.7 Å². The summed E-state index contributed by atoms with van der Waals surface area (Å²) in [6.07, 6.45) is -3.33. The first kappa shape index (κ1) is 26.7. The number of anilines is 1. The van der Waals surface area contributed by atoms with E-state index >= 15 is 0 Å². The Morgan fingerprint density at radius 3 is 2.41 bits per heavy atom. The molecule has 2 N–H and O–H groups in total. The summed E-state index contributed by atoms with van der Waals surface area (Å²) in [6, 6.07) is 5.07. The average Bonchev–Trinajstić information content (AvgIpc) is 3.52. The molecule has 0 saturated carbocycles. The van der Waals surface area contributed by atoms with Crippen LogP contribution in [0.5, 0.6) is 0 Å². The van der Waals surface area contributed by atoms with E-state index in [2.05, 4.69) is 10.6 Å². The molecule has 3 heterocycles. The fourth-order valence-electron chi connectivity index (χ4n) is 4.86. The minimum absolute atomic E-state index is 0.0364. The number of fused-ring (bicyclic) bond motifs is 1. The summed E-state index contributed by atoms with van der Waals surface area (Å²) in [4.78, 5) is 40.7. The van der Waals surface area contributed by atoms with E-state index in [0.29, 0.717) is 25.2 Å². The molecule has 204 valence electrons. The van der Waals surface area contributed by atoms with Crippen LogP contribution < -0.4 is 10.6 Å². The van der Waals surface area contributed by atoms with Crippen molar-refractivity contribution in [2.24, 2.45) is 0 Å². The molecule has 0 bridgehead atoms. The molecule has 0 radical (unpaired) electrons. The number of hydrogen-bond acceptors (Lipinski definition) is 3. The zero-order chi connectivity index (χ0) is 28.1. The van der Waals surface area contributed by atoms with Gasteiger partial charge in [-0.2, -0.15) is 13.2 Å². The van der Waals surface area contributed by atoms with Gasteiger partial charge >= 0.3 is 6.18 Å². The van der Waals surface area contributed by atoms with Crippen molar-refractivity contribution >= 4 is 35.0 Å². The molecular weight excluding hydrogens is 547 g/mol. The van der Waals surface area contributed by atoms with E-state index in [9.17, 15) is 36.3 Å². The Hall–Kier alpha value is -3.93. The first-order valence-corrected chi connectivity index (χ1v) is 12.3. The maximum Gasteiger partial charge on any atom is 0.416 e. The average molecular weight is 567 g/mol. The SMILES string of the molecule is O=C1Cn2c(C(=O)N3CCCC3)cc(NC(=O)c3cc(F)cc(C(F)(F)F)c3)c2C(c2cc(F)ccc2Cl)N1. The van der Waals surface area contributed by atoms with E-state index in [1.807, 2.05) is 0 Å². The van der Waals surface area contributed by atoms with Gasteiger partial charge < -0.3 is 20.1 Å². The summed E-state index contributed by atoms with van der Waals surface area (Å²) < 4.78 is 69.2. The lowest BCUT2D eigenvalue weighted by molar-refractivity contribution is -0.137. The van der Waals surface area contributed by atoms with Crippen molar-refractivity contribution < 1.29 is 36.3 Å². The lowest BCUT2D eigenvalue weighted by Gasteiger charge is -2.29. The Balaban J connectivity index is 1.63. The standard InChI is InChI=1S/C26H20ClF5N4O3/c27-18-4-3-15(28)10-17(18)22-23-19(33-24(38)13-7-14(26(30,31)32)9-16(29)8-13)11-20(36(23)12-21(37)34-22)25(39)35-5-1-2-6-35/h3-4,7-11,22H,1-2,5-6,12H2,(H,33,38)(H,34,37). The Kier molecular flexibility index (Phi) is 6.83. The van der Waals surface area contributed by atoms with Gasteiger partial charge in [-0.1, -0.05) is 11.6 Å². The van der Waals surface area contributed by atoms with Crippen molar-refractivity contribution in [2.45, 2.75) is 31.6 Å². The highest BCUT2D eigenvalue weighted by Gasteiger charge is 2.36. The smallest absolute Gasteiger partial charge is 0.342 e. The summed E-state index contributed by atoms with van der Waals surface area (Å²) in [5.41, 5.74) is -1.67. The van der Waals surface area contributed by atoms with Crippen molar-refractivity contribution in [3.05, 3.63) is 87.2 Å². The van der Waals surface area contributed by atoms with Crippen molar-refractivity contribution in [2.75, 3.05) is 18.4 Å². The molecule has 7 nitrogen and oxygen atoms in total. The van der Waals surface area contributed by atoms with Crippen LogP contribution in [-0.4, -0.2) is 40.3 Å². The lowest BCUT2D eigenvalue weighted by atomic mass is 10.0. The molecule has 3 aromatic rings. The van der Waals surface area contributed by atoms with Crippen molar-refractivity contribution in [3.63, 3.8) is 0 Å². The zero-order valence-electron chi connectivity index (χ0n) is 20.0. The second kappa shape index (κ2) is 9.99. The van der Waals surface area contributed by atoms with Gasteiger partial charge in [0.25, 0.3) is 11.8 Å². The molecule has 1 aromatic heterocycles. The van der Waals surface area contributed by atoms with Crippen LogP contribution in [0, 0.1) is 11.6 Å².